The second-order valence-corrected chi connectivity index (χ2v) is 16.2. The molecule has 1 heterocycles. The lowest BCUT2D eigenvalue weighted by molar-refractivity contribution is 0.574. The van der Waals surface area contributed by atoms with Crippen molar-refractivity contribution in [1.29, 1.82) is 0 Å². The quantitative estimate of drug-likeness (QED) is 0.153. The van der Waals surface area contributed by atoms with E-state index in [1.807, 2.05) is 0 Å². The third kappa shape index (κ3) is 6.65. The maximum Gasteiger partial charge on any atom is 0.143 e. The molecule has 7 aromatic carbocycles. The van der Waals surface area contributed by atoms with E-state index in [2.05, 4.69) is 211 Å². The monoisotopic (exact) mass is 771 g/mol. The van der Waals surface area contributed by atoms with Crippen LogP contribution in [0.15, 0.2) is 216 Å². The molecule has 3 aliphatic carbocycles. The van der Waals surface area contributed by atoms with Crippen LogP contribution in [0, 0.1) is 0 Å². The Morgan fingerprint density at radius 1 is 0.500 bits per heavy atom. The Labute approximate surface area is 351 Å². The van der Waals surface area contributed by atoms with Crippen LogP contribution < -0.4 is 15.5 Å². The fourth-order valence-corrected chi connectivity index (χ4v) is 9.57. The first-order valence-electron chi connectivity index (χ1n) is 21.4. The van der Waals surface area contributed by atoms with Crippen molar-refractivity contribution in [2.24, 2.45) is 0 Å². The fourth-order valence-electron chi connectivity index (χ4n) is 9.57. The van der Waals surface area contributed by atoms with Gasteiger partial charge in [0.1, 0.15) is 11.0 Å². The second-order valence-electron chi connectivity index (χ2n) is 16.2. The number of benzene rings is 7. The van der Waals surface area contributed by atoms with Gasteiger partial charge in [-0.1, -0.05) is 176 Å². The topological polar surface area (TPSA) is 16.4 Å². The predicted octanol–water partition coefficient (Wildman–Crippen LogP) is 13.9. The van der Waals surface area contributed by atoms with Gasteiger partial charge in [0.05, 0.1) is 5.69 Å². The molecule has 11 rings (SSSR count). The van der Waals surface area contributed by atoms with Gasteiger partial charge in [-0.2, -0.15) is 0 Å². The first-order chi connectivity index (χ1) is 29.7. The van der Waals surface area contributed by atoms with Crippen molar-refractivity contribution in [3.8, 4) is 22.3 Å². The van der Waals surface area contributed by atoms with Crippen molar-refractivity contribution in [3.05, 3.63) is 239 Å². The molecule has 0 fully saturated rings. The molecule has 2 nitrogen and oxygen atoms in total. The molecule has 0 amide bonds. The molecule has 8 aromatic rings. The molecular weight excluding hydrogens is 727 g/mol. The molecule has 0 radical (unpaired) electrons. The Morgan fingerprint density at radius 2 is 1.13 bits per heavy atom. The van der Waals surface area contributed by atoms with E-state index in [4.69, 9.17) is 4.42 Å². The molecule has 60 heavy (non-hydrogen) atoms. The number of anilines is 1. The zero-order chi connectivity index (χ0) is 39.8. The molecular formula is C58H45NO. The van der Waals surface area contributed by atoms with Crippen LogP contribution in [0.3, 0.4) is 0 Å². The molecule has 0 aliphatic heterocycles. The number of fused-ring (bicyclic) bond motifs is 5. The summed E-state index contributed by atoms with van der Waals surface area (Å²) in [6, 6.07) is 61.6. The maximum absolute atomic E-state index is 6.92. The highest BCUT2D eigenvalue weighted by Gasteiger charge is 2.26. The zero-order valence-electron chi connectivity index (χ0n) is 33.6. The highest BCUT2D eigenvalue weighted by atomic mass is 16.3. The van der Waals surface area contributed by atoms with E-state index in [1.165, 1.54) is 83.2 Å². The minimum absolute atomic E-state index is 0.306. The van der Waals surface area contributed by atoms with Crippen molar-refractivity contribution in [3.63, 3.8) is 0 Å². The van der Waals surface area contributed by atoms with Gasteiger partial charge in [-0.15, -0.1) is 0 Å². The minimum Gasteiger partial charge on any atom is -0.456 e. The van der Waals surface area contributed by atoms with Crippen LogP contribution in [0.5, 0.6) is 0 Å². The summed E-state index contributed by atoms with van der Waals surface area (Å²) < 4.78 is 6.92. The smallest absolute Gasteiger partial charge is 0.143 e. The summed E-state index contributed by atoms with van der Waals surface area (Å²) in [7, 11) is 0. The van der Waals surface area contributed by atoms with E-state index in [1.54, 1.807) is 0 Å². The van der Waals surface area contributed by atoms with Crippen LogP contribution in [0.1, 0.15) is 54.7 Å². The molecule has 288 valence electrons. The van der Waals surface area contributed by atoms with Gasteiger partial charge in [-0.25, -0.2) is 0 Å². The van der Waals surface area contributed by atoms with Crippen LogP contribution in [-0.2, 0) is 0 Å². The normalized spacial score (nSPS) is 16.2. The van der Waals surface area contributed by atoms with Crippen LogP contribution in [0.25, 0.3) is 61.2 Å². The molecule has 2 heteroatoms. The molecule has 0 saturated heterocycles. The van der Waals surface area contributed by atoms with E-state index in [0.29, 0.717) is 5.92 Å². The average molecular weight is 772 g/mol. The van der Waals surface area contributed by atoms with Crippen molar-refractivity contribution >= 4 is 44.7 Å². The van der Waals surface area contributed by atoms with Gasteiger partial charge in [0.15, 0.2) is 0 Å². The largest absolute Gasteiger partial charge is 0.456 e. The Bertz CT molecular complexity index is 3140. The lowest BCUT2D eigenvalue weighted by atomic mass is 9.89. The van der Waals surface area contributed by atoms with Gasteiger partial charge in [-0.3, -0.25) is 0 Å². The zero-order valence-corrected chi connectivity index (χ0v) is 33.6. The molecule has 0 spiro atoms. The van der Waals surface area contributed by atoms with Gasteiger partial charge >= 0.3 is 0 Å². The summed E-state index contributed by atoms with van der Waals surface area (Å²) in [6.07, 6.45) is 19.1. The predicted molar refractivity (Wildman–Crippen MR) is 252 cm³/mol. The summed E-state index contributed by atoms with van der Waals surface area (Å²) in [5.41, 5.74) is 17.1. The van der Waals surface area contributed by atoms with Gasteiger partial charge in [0, 0.05) is 38.7 Å². The number of rotatable bonds is 8. The summed E-state index contributed by atoms with van der Waals surface area (Å²) in [4.78, 5) is 2.56. The van der Waals surface area contributed by atoms with Crippen molar-refractivity contribution in [2.75, 3.05) is 4.90 Å². The van der Waals surface area contributed by atoms with E-state index in [-0.39, 0.29) is 0 Å². The third-order valence-corrected chi connectivity index (χ3v) is 12.6. The second kappa shape index (κ2) is 15.5. The van der Waals surface area contributed by atoms with Gasteiger partial charge < -0.3 is 9.32 Å². The lowest BCUT2D eigenvalue weighted by Crippen LogP contribution is -2.27. The first-order valence-corrected chi connectivity index (χ1v) is 21.4. The molecule has 3 aliphatic rings. The Morgan fingerprint density at radius 3 is 1.87 bits per heavy atom. The molecule has 1 atom stereocenters. The third-order valence-electron chi connectivity index (χ3n) is 12.6. The lowest BCUT2D eigenvalue weighted by Gasteiger charge is -2.33. The first kappa shape index (κ1) is 36.0. The highest BCUT2D eigenvalue weighted by molar-refractivity contribution is 6.12. The van der Waals surface area contributed by atoms with Gasteiger partial charge in [0.25, 0.3) is 0 Å². The number of allylic oxidation sites excluding steroid dienone is 7. The number of nitrogens with zero attached hydrogens (tertiary/aromatic N) is 1. The Kier molecular flexibility index (Phi) is 9.32. The Balaban J connectivity index is 1.07. The number of hydrogen-bond acceptors (Lipinski definition) is 2. The highest BCUT2D eigenvalue weighted by Crippen LogP contribution is 2.42. The van der Waals surface area contributed by atoms with Crippen LogP contribution >= 0.6 is 0 Å². The number of furan rings is 1. The average Bonchev–Trinajstić information content (AvgIpc) is 3.72. The molecule has 1 unspecified atom stereocenters. The standard InChI is InChI=1S/C58H45NO/c1-4-15-40(16-5-1)43-29-31-44(32-30-43)45-33-35-49(36-34-45)59(50-24-13-22-47(38-50)42-19-8-3-9-20-42)55-39-54-57-51(48-23-12-21-46(37-48)41-17-6-2-7-18-41)27-14-28-56(57)60-58(54)53-26-11-10-25-52(53)55/h1-12,15-23,25-26,28-33,35-39,45H,13-14,24,27,34H2. The Hall–Kier alpha value is -7.16. The molecule has 0 N–H and O–H groups in total. The fraction of sp³-hybridized carbons (Fsp3) is 0.103. The van der Waals surface area contributed by atoms with Crippen LogP contribution in [0.2, 0.25) is 0 Å². The van der Waals surface area contributed by atoms with Crippen molar-refractivity contribution in [2.45, 2.75) is 38.0 Å². The summed E-state index contributed by atoms with van der Waals surface area (Å²) in [5.74, 6) is 0.306. The van der Waals surface area contributed by atoms with E-state index in [9.17, 15) is 0 Å². The van der Waals surface area contributed by atoms with Gasteiger partial charge in [-0.05, 0) is 113 Å². The SMILES string of the molecule is C1=CC(c2ccc(-c3ccccc3)cc2)CC=C1N(C1=CC(c2ccccc2)=CCC1)c1cc2c3c(oc2c2ccccc12)=CCCC=3c1cccc(-c2ccccc2)c1. The van der Waals surface area contributed by atoms with E-state index < -0.39 is 0 Å². The number of hydrogen-bond donors (Lipinski definition) is 0. The minimum atomic E-state index is 0.306. The van der Waals surface area contributed by atoms with Crippen molar-refractivity contribution in [1.82, 2.24) is 0 Å². The molecule has 1 aromatic heterocycles. The summed E-state index contributed by atoms with van der Waals surface area (Å²) >= 11 is 0. The molecule has 0 bridgehead atoms. The molecule has 0 saturated carbocycles. The van der Waals surface area contributed by atoms with E-state index in [0.717, 1.165) is 48.5 Å². The van der Waals surface area contributed by atoms with Crippen molar-refractivity contribution < 1.29 is 4.42 Å². The summed E-state index contributed by atoms with van der Waals surface area (Å²) in [5, 5.41) is 4.73. The van der Waals surface area contributed by atoms with Crippen LogP contribution in [-0.4, -0.2) is 0 Å². The summed E-state index contributed by atoms with van der Waals surface area (Å²) in [6.45, 7) is 0. The maximum atomic E-state index is 6.92. The van der Waals surface area contributed by atoms with E-state index >= 15 is 0 Å². The van der Waals surface area contributed by atoms with Gasteiger partial charge in [0.2, 0.25) is 0 Å². The van der Waals surface area contributed by atoms with Crippen LogP contribution in [0.4, 0.5) is 5.69 Å².